The van der Waals surface area contributed by atoms with Gasteiger partial charge in [0, 0.05) is 61.3 Å². The molecule has 2 N–H and O–H groups in total. The van der Waals surface area contributed by atoms with E-state index in [2.05, 4.69) is 11.9 Å². The summed E-state index contributed by atoms with van der Waals surface area (Å²) in [5.41, 5.74) is 4.62. The fourth-order valence-corrected chi connectivity index (χ4v) is 4.64. The van der Waals surface area contributed by atoms with Gasteiger partial charge in [0.1, 0.15) is 0 Å². The molecule has 0 saturated heterocycles. The number of carbonyl (C=O) groups excluding carboxylic acids is 2. The maximum atomic E-state index is 13.1. The van der Waals surface area contributed by atoms with E-state index >= 15 is 0 Å². The summed E-state index contributed by atoms with van der Waals surface area (Å²) >= 11 is 0. The first-order chi connectivity index (χ1) is 19.7. The summed E-state index contributed by atoms with van der Waals surface area (Å²) in [7, 11) is 7.47. The van der Waals surface area contributed by atoms with Crippen molar-refractivity contribution in [3.63, 3.8) is 0 Å². The van der Waals surface area contributed by atoms with Crippen LogP contribution in [0.2, 0.25) is 0 Å². The number of rotatable bonds is 11. The Kier molecular flexibility index (Phi) is 9.57. The number of benzene rings is 3. The minimum atomic E-state index is -0.0648. The fourth-order valence-electron chi connectivity index (χ4n) is 4.64. The zero-order valence-corrected chi connectivity index (χ0v) is 24.5. The van der Waals surface area contributed by atoms with Crippen molar-refractivity contribution in [3.8, 4) is 5.88 Å². The van der Waals surface area contributed by atoms with Crippen molar-refractivity contribution in [2.45, 2.75) is 26.2 Å². The van der Waals surface area contributed by atoms with Gasteiger partial charge in [-0.15, -0.1) is 0 Å². The lowest BCUT2D eigenvalue weighted by Crippen LogP contribution is -2.29. The number of hydrogen-bond acceptors (Lipinski definition) is 5. The average Bonchev–Trinajstić information content (AvgIpc) is 3.31. The molecule has 41 heavy (non-hydrogen) atoms. The molecule has 1 heterocycles. The van der Waals surface area contributed by atoms with E-state index in [1.54, 1.807) is 22.9 Å². The minimum Gasteiger partial charge on any atom is -0.494 e. The molecule has 4 aromatic rings. The Morgan fingerprint density at radius 3 is 2.24 bits per heavy atom. The van der Waals surface area contributed by atoms with Crippen LogP contribution in [0.3, 0.4) is 0 Å². The number of unbranched alkanes of at least 4 members (excludes halogenated alkanes) is 1. The SMILES string of the molecule is CCCCN(C)C(=O)c1ccc2[nH]c(O)c(C(=Nc3ccc(N(C)C(=O)CCN(C)C)cc3)c3ccccc3)c2c1. The van der Waals surface area contributed by atoms with Crippen LogP contribution < -0.4 is 4.90 Å². The lowest BCUT2D eigenvalue weighted by atomic mass is 9.99. The topological polar surface area (TPSA) is 92.2 Å². The summed E-state index contributed by atoms with van der Waals surface area (Å²) in [5, 5.41) is 11.8. The summed E-state index contributed by atoms with van der Waals surface area (Å²) in [4.78, 5) is 39.1. The molecule has 8 heteroatoms. The van der Waals surface area contributed by atoms with Crippen molar-refractivity contribution in [2.24, 2.45) is 4.99 Å². The molecule has 0 fully saturated rings. The van der Waals surface area contributed by atoms with E-state index in [4.69, 9.17) is 4.99 Å². The van der Waals surface area contributed by atoms with E-state index in [1.807, 2.05) is 92.8 Å². The Morgan fingerprint density at radius 1 is 0.878 bits per heavy atom. The van der Waals surface area contributed by atoms with Gasteiger partial charge in [-0.25, -0.2) is 4.99 Å². The highest BCUT2D eigenvalue weighted by molar-refractivity contribution is 6.22. The van der Waals surface area contributed by atoms with Gasteiger partial charge in [0.05, 0.1) is 17.0 Å². The molecular weight excluding hydrogens is 514 g/mol. The second-order valence-electron chi connectivity index (χ2n) is 10.5. The molecule has 0 aliphatic rings. The molecule has 4 rings (SSSR count). The predicted octanol–water partition coefficient (Wildman–Crippen LogP) is 5.83. The van der Waals surface area contributed by atoms with Crippen LogP contribution in [0.25, 0.3) is 10.9 Å². The Morgan fingerprint density at radius 2 is 1.59 bits per heavy atom. The molecule has 0 unspecified atom stereocenters. The van der Waals surface area contributed by atoms with E-state index in [-0.39, 0.29) is 17.7 Å². The van der Waals surface area contributed by atoms with E-state index in [0.717, 1.165) is 24.1 Å². The van der Waals surface area contributed by atoms with Crippen LogP contribution in [0.1, 0.15) is 47.7 Å². The van der Waals surface area contributed by atoms with E-state index in [0.29, 0.717) is 52.9 Å². The lowest BCUT2D eigenvalue weighted by Gasteiger charge is -2.19. The number of aromatic nitrogens is 1. The smallest absolute Gasteiger partial charge is 0.253 e. The third-order valence-electron chi connectivity index (χ3n) is 7.13. The summed E-state index contributed by atoms with van der Waals surface area (Å²) in [6, 6.07) is 22.5. The highest BCUT2D eigenvalue weighted by Gasteiger charge is 2.21. The van der Waals surface area contributed by atoms with Gasteiger partial charge >= 0.3 is 0 Å². The van der Waals surface area contributed by atoms with Crippen molar-refractivity contribution < 1.29 is 14.7 Å². The van der Waals surface area contributed by atoms with Gasteiger partial charge < -0.3 is 24.8 Å². The third kappa shape index (κ3) is 7.02. The van der Waals surface area contributed by atoms with Gasteiger partial charge in [-0.3, -0.25) is 9.59 Å². The number of aliphatic imine (C=N–C) groups is 1. The number of nitrogens with one attached hydrogen (secondary N) is 1. The number of carbonyl (C=O) groups is 2. The van der Waals surface area contributed by atoms with E-state index < -0.39 is 0 Å². The number of fused-ring (bicyclic) bond motifs is 1. The molecule has 0 aliphatic heterocycles. The molecule has 8 nitrogen and oxygen atoms in total. The molecule has 1 aromatic heterocycles. The van der Waals surface area contributed by atoms with Crippen molar-refractivity contribution in [1.29, 1.82) is 0 Å². The van der Waals surface area contributed by atoms with Gasteiger partial charge in [0.25, 0.3) is 5.91 Å². The van der Waals surface area contributed by atoms with Crippen LogP contribution in [0.5, 0.6) is 5.88 Å². The summed E-state index contributed by atoms with van der Waals surface area (Å²) in [6.07, 6.45) is 2.37. The summed E-state index contributed by atoms with van der Waals surface area (Å²) < 4.78 is 0. The molecule has 0 radical (unpaired) electrons. The van der Waals surface area contributed by atoms with Crippen LogP contribution in [0.15, 0.2) is 77.8 Å². The summed E-state index contributed by atoms with van der Waals surface area (Å²) in [6.45, 7) is 3.46. The van der Waals surface area contributed by atoms with Crippen LogP contribution >= 0.6 is 0 Å². The van der Waals surface area contributed by atoms with Crippen molar-refractivity contribution in [2.75, 3.05) is 46.2 Å². The van der Waals surface area contributed by atoms with Crippen LogP contribution in [0, 0.1) is 0 Å². The Hall–Kier alpha value is -4.43. The average molecular weight is 554 g/mol. The van der Waals surface area contributed by atoms with Crippen LogP contribution in [-0.2, 0) is 4.79 Å². The van der Waals surface area contributed by atoms with Gasteiger partial charge in [0.2, 0.25) is 5.91 Å². The van der Waals surface area contributed by atoms with Crippen molar-refractivity contribution in [1.82, 2.24) is 14.8 Å². The second-order valence-corrected chi connectivity index (χ2v) is 10.5. The first-order valence-electron chi connectivity index (χ1n) is 14.0. The summed E-state index contributed by atoms with van der Waals surface area (Å²) in [5.74, 6) is -0.0475. The molecule has 214 valence electrons. The predicted molar refractivity (Wildman–Crippen MR) is 167 cm³/mol. The number of nitrogens with zero attached hydrogens (tertiary/aromatic N) is 4. The fraction of sp³-hybridized carbons (Fsp3) is 0.303. The van der Waals surface area contributed by atoms with Gasteiger partial charge in [0.15, 0.2) is 5.88 Å². The number of aromatic amines is 1. The zero-order valence-electron chi connectivity index (χ0n) is 24.5. The molecule has 0 aliphatic carbocycles. The third-order valence-corrected chi connectivity index (χ3v) is 7.13. The Labute approximate surface area is 241 Å². The number of anilines is 1. The van der Waals surface area contributed by atoms with Gasteiger partial charge in [-0.2, -0.15) is 0 Å². The quantitative estimate of drug-likeness (QED) is 0.229. The largest absolute Gasteiger partial charge is 0.494 e. The maximum absolute atomic E-state index is 13.1. The number of aromatic hydroxyl groups is 1. The monoisotopic (exact) mass is 553 g/mol. The van der Waals surface area contributed by atoms with E-state index in [9.17, 15) is 14.7 Å². The standard InChI is InChI=1S/C33H39N5O3/c1-6-7-20-37(4)33(41)24-13-18-28-27(22-24)30(32(40)35-28)31(23-11-9-8-10-12-23)34-25-14-16-26(17-15-25)38(5)29(39)19-21-36(2)3/h8-18,22,35,40H,6-7,19-21H2,1-5H3. The Balaban J connectivity index is 1.74. The van der Waals surface area contributed by atoms with Gasteiger partial charge in [-0.1, -0.05) is 43.7 Å². The normalized spacial score (nSPS) is 11.7. The Bertz CT molecular complexity index is 1520. The highest BCUT2D eigenvalue weighted by atomic mass is 16.3. The molecule has 0 saturated carbocycles. The highest BCUT2D eigenvalue weighted by Crippen LogP contribution is 2.33. The minimum absolute atomic E-state index is 0.0191. The first kappa shape index (κ1) is 29.6. The van der Waals surface area contributed by atoms with Crippen LogP contribution in [-0.4, -0.2) is 78.7 Å². The second kappa shape index (κ2) is 13.3. The van der Waals surface area contributed by atoms with Crippen molar-refractivity contribution in [3.05, 3.63) is 89.5 Å². The number of hydrogen-bond donors (Lipinski definition) is 2. The molecular formula is C33H39N5O3. The lowest BCUT2D eigenvalue weighted by molar-refractivity contribution is -0.118. The van der Waals surface area contributed by atoms with Crippen molar-refractivity contribution >= 4 is 39.8 Å². The van der Waals surface area contributed by atoms with Gasteiger partial charge in [-0.05, 0) is 63.0 Å². The molecule has 0 spiro atoms. The molecule has 3 aromatic carbocycles. The van der Waals surface area contributed by atoms with E-state index in [1.165, 1.54) is 0 Å². The molecule has 0 atom stereocenters. The first-order valence-corrected chi connectivity index (χ1v) is 14.0. The molecule has 0 bridgehead atoms. The molecule has 2 amide bonds. The van der Waals surface area contributed by atoms with Crippen LogP contribution in [0.4, 0.5) is 11.4 Å². The maximum Gasteiger partial charge on any atom is 0.253 e. The number of H-pyrrole nitrogens is 1. The number of amides is 2. The zero-order chi connectivity index (χ0) is 29.5.